The zero-order valence-corrected chi connectivity index (χ0v) is 20.0. The van der Waals surface area contributed by atoms with Gasteiger partial charge >= 0.3 is 0 Å². The van der Waals surface area contributed by atoms with Crippen molar-refractivity contribution in [1.82, 2.24) is 0 Å². The number of nitrogens with zero attached hydrogens (tertiary/aromatic N) is 1. The summed E-state index contributed by atoms with van der Waals surface area (Å²) < 4.78 is 55.5. The zero-order valence-electron chi connectivity index (χ0n) is 18.3. The molecule has 0 saturated carbocycles. The van der Waals surface area contributed by atoms with Crippen LogP contribution in [0.25, 0.3) is 0 Å². The van der Waals surface area contributed by atoms with Crippen LogP contribution in [0.15, 0.2) is 82.6 Å². The molecule has 0 spiro atoms. The van der Waals surface area contributed by atoms with Gasteiger partial charge in [0.1, 0.15) is 0 Å². The zero-order chi connectivity index (χ0) is 23.0. The van der Waals surface area contributed by atoms with Crippen molar-refractivity contribution in [2.75, 3.05) is 3.71 Å². The van der Waals surface area contributed by atoms with E-state index in [2.05, 4.69) is 0 Å². The number of hydrogen-bond donors (Lipinski definition) is 0. The smallest absolute Gasteiger partial charge is 0.200 e. The van der Waals surface area contributed by atoms with E-state index in [0.29, 0.717) is 9.27 Å². The minimum absolute atomic E-state index is 0.0283. The summed E-state index contributed by atoms with van der Waals surface area (Å²) in [4.78, 5) is -0.116. The summed E-state index contributed by atoms with van der Waals surface area (Å²) in [5, 5.41) is 0. The molecule has 0 aliphatic carbocycles. The fourth-order valence-corrected chi connectivity index (χ4v) is 7.13. The second-order valence-electron chi connectivity index (χ2n) is 8.59. The first-order valence-electron chi connectivity index (χ1n) is 9.88. The van der Waals surface area contributed by atoms with Gasteiger partial charge < -0.3 is 0 Å². The normalized spacial score (nSPS) is 12.5. The third-order valence-electron chi connectivity index (χ3n) is 5.05. The average molecular weight is 458 g/mol. The van der Waals surface area contributed by atoms with Gasteiger partial charge in [0, 0.05) is 0 Å². The van der Waals surface area contributed by atoms with Crippen LogP contribution < -0.4 is 3.71 Å². The Morgan fingerprint density at radius 2 is 1.29 bits per heavy atom. The van der Waals surface area contributed by atoms with E-state index in [0.717, 1.165) is 11.1 Å². The van der Waals surface area contributed by atoms with E-state index in [1.165, 1.54) is 24.3 Å². The largest absolute Gasteiger partial charge is 0.277 e. The Kier molecular flexibility index (Phi) is 6.04. The number of hydrogen-bond acceptors (Lipinski definition) is 4. The Morgan fingerprint density at radius 3 is 1.84 bits per heavy atom. The van der Waals surface area contributed by atoms with Gasteiger partial charge in [-0.25, -0.2) is 8.42 Å². The minimum Gasteiger partial charge on any atom is -0.200 e. The second kappa shape index (κ2) is 8.13. The summed E-state index contributed by atoms with van der Waals surface area (Å²) >= 11 is 0. The van der Waals surface area contributed by atoms with Crippen molar-refractivity contribution in [3.63, 3.8) is 0 Å². The number of benzene rings is 3. The van der Waals surface area contributed by atoms with Crippen molar-refractivity contribution in [3.8, 4) is 0 Å². The van der Waals surface area contributed by atoms with Crippen LogP contribution in [0.2, 0.25) is 0 Å². The molecule has 3 aromatic rings. The lowest BCUT2D eigenvalue weighted by molar-refractivity contribution is 0.579. The summed E-state index contributed by atoms with van der Waals surface area (Å²) in [5.74, 6) is 0. The highest BCUT2D eigenvalue weighted by Gasteiger charge is 2.38. The Morgan fingerprint density at radius 1 is 0.710 bits per heavy atom. The van der Waals surface area contributed by atoms with E-state index in [9.17, 15) is 16.8 Å². The molecule has 3 aromatic carbocycles. The fourth-order valence-electron chi connectivity index (χ4n) is 3.20. The average Bonchev–Trinajstić information content (AvgIpc) is 2.68. The summed E-state index contributed by atoms with van der Waals surface area (Å²) in [5.41, 5.74) is 1.92. The Labute approximate surface area is 185 Å². The number of aryl methyl sites for hydroxylation is 2. The SMILES string of the molecule is Cc1ccc(S(=O)(=O)N(c2ccccc2)S(=O)(=O)c2cc(C(C)(C)C)ccc2C)cc1. The summed E-state index contributed by atoms with van der Waals surface area (Å²) in [7, 11) is -8.83. The van der Waals surface area contributed by atoms with Gasteiger partial charge in [-0.2, -0.15) is 12.1 Å². The van der Waals surface area contributed by atoms with Gasteiger partial charge in [0.2, 0.25) is 0 Å². The maximum atomic E-state index is 13.9. The van der Waals surface area contributed by atoms with Crippen LogP contribution in [-0.4, -0.2) is 16.8 Å². The number of rotatable bonds is 5. The molecule has 0 aliphatic heterocycles. The third-order valence-corrected chi connectivity index (χ3v) is 9.39. The molecule has 0 saturated heterocycles. The molecule has 0 unspecified atom stereocenters. The van der Waals surface area contributed by atoms with E-state index in [4.69, 9.17) is 0 Å². The van der Waals surface area contributed by atoms with Crippen molar-refractivity contribution in [3.05, 3.63) is 89.5 Å². The highest BCUT2D eigenvalue weighted by atomic mass is 32.3. The van der Waals surface area contributed by atoms with Gasteiger partial charge in [-0.3, -0.25) is 0 Å². The van der Waals surface area contributed by atoms with Crippen molar-refractivity contribution in [1.29, 1.82) is 0 Å². The molecule has 7 heteroatoms. The molecule has 0 fully saturated rings. The number of para-hydroxylation sites is 1. The van der Waals surface area contributed by atoms with Gasteiger partial charge in [0.15, 0.2) is 0 Å². The lowest BCUT2D eigenvalue weighted by atomic mass is 9.87. The summed E-state index contributed by atoms with van der Waals surface area (Å²) in [6.07, 6.45) is 0. The fraction of sp³-hybridized carbons (Fsp3) is 0.250. The maximum absolute atomic E-state index is 13.9. The Balaban J connectivity index is 2.30. The molecule has 0 aliphatic rings. The lowest BCUT2D eigenvalue weighted by Gasteiger charge is -2.26. The van der Waals surface area contributed by atoms with Gasteiger partial charge in [0.25, 0.3) is 20.0 Å². The van der Waals surface area contributed by atoms with Crippen molar-refractivity contribution in [2.45, 2.75) is 49.8 Å². The number of anilines is 1. The second-order valence-corrected chi connectivity index (χ2v) is 12.4. The molecule has 0 radical (unpaired) electrons. The summed E-state index contributed by atoms with van der Waals surface area (Å²) in [6, 6.07) is 19.2. The standard InChI is InChI=1S/C24H27NO4S2/c1-18-11-15-22(16-12-18)30(26,27)25(21-9-7-6-8-10-21)31(28,29)23-17-20(24(3,4)5)14-13-19(23)2/h6-17H,1-5H3. The summed E-state index contributed by atoms with van der Waals surface area (Å²) in [6.45, 7) is 9.44. The van der Waals surface area contributed by atoms with Crippen LogP contribution in [0, 0.1) is 13.8 Å². The van der Waals surface area contributed by atoms with Crippen LogP contribution in [0.5, 0.6) is 0 Å². The molecule has 0 bridgehead atoms. The van der Waals surface area contributed by atoms with Crippen molar-refractivity contribution >= 4 is 25.7 Å². The van der Waals surface area contributed by atoms with E-state index in [1.54, 1.807) is 49.4 Å². The van der Waals surface area contributed by atoms with Crippen LogP contribution in [0.1, 0.15) is 37.5 Å². The molecule has 0 N–H and O–H groups in total. The molecule has 0 heterocycles. The van der Waals surface area contributed by atoms with Crippen molar-refractivity contribution in [2.24, 2.45) is 0 Å². The monoisotopic (exact) mass is 457 g/mol. The molecule has 0 atom stereocenters. The molecule has 5 nitrogen and oxygen atoms in total. The maximum Gasteiger partial charge on any atom is 0.277 e. The third kappa shape index (κ3) is 4.52. The molecule has 3 rings (SSSR count). The lowest BCUT2D eigenvalue weighted by Crippen LogP contribution is -2.37. The van der Waals surface area contributed by atoms with Gasteiger partial charge in [-0.1, -0.05) is 68.8 Å². The predicted octanol–water partition coefficient (Wildman–Crippen LogP) is 5.19. The van der Waals surface area contributed by atoms with E-state index >= 15 is 0 Å². The first-order chi connectivity index (χ1) is 14.3. The Hall–Kier alpha value is -2.64. The van der Waals surface area contributed by atoms with Crippen LogP contribution >= 0.6 is 0 Å². The first kappa shape index (κ1) is 23.0. The molecule has 0 aromatic heterocycles. The quantitative estimate of drug-likeness (QED) is 0.529. The molecule has 0 amide bonds. The molecule has 164 valence electrons. The number of sulfonamides is 2. The van der Waals surface area contributed by atoms with E-state index in [-0.39, 0.29) is 20.9 Å². The molecular formula is C24H27NO4S2. The van der Waals surface area contributed by atoms with Gasteiger partial charge in [-0.15, -0.1) is 0 Å². The van der Waals surface area contributed by atoms with Crippen LogP contribution in [0.4, 0.5) is 5.69 Å². The first-order valence-corrected chi connectivity index (χ1v) is 12.8. The molecule has 31 heavy (non-hydrogen) atoms. The topological polar surface area (TPSA) is 71.5 Å². The van der Waals surface area contributed by atoms with Gasteiger partial charge in [0.05, 0.1) is 15.5 Å². The minimum atomic E-state index is -4.44. The molecular weight excluding hydrogens is 430 g/mol. The van der Waals surface area contributed by atoms with Crippen molar-refractivity contribution < 1.29 is 16.8 Å². The van der Waals surface area contributed by atoms with Crippen LogP contribution in [-0.2, 0) is 25.5 Å². The van der Waals surface area contributed by atoms with E-state index < -0.39 is 20.0 Å². The Bertz CT molecular complexity index is 1290. The van der Waals surface area contributed by atoms with Gasteiger partial charge in [-0.05, 0) is 60.7 Å². The predicted molar refractivity (Wildman–Crippen MR) is 124 cm³/mol. The van der Waals surface area contributed by atoms with E-state index in [1.807, 2.05) is 33.8 Å². The highest BCUT2D eigenvalue weighted by molar-refractivity contribution is 8.10. The van der Waals surface area contributed by atoms with Crippen LogP contribution in [0.3, 0.4) is 0 Å². The highest BCUT2D eigenvalue weighted by Crippen LogP contribution is 2.34.